The molecule has 2 aromatic heterocycles. The number of nitrogens with one attached hydrogen (secondary N) is 1. The van der Waals surface area contributed by atoms with Gasteiger partial charge in [-0.15, -0.1) is 0 Å². The number of nitrogens with zero attached hydrogens (tertiary/aromatic N) is 4. The number of H-pyrrole nitrogens is 1. The summed E-state index contributed by atoms with van der Waals surface area (Å²) in [6, 6.07) is 6.45. The fraction of sp³-hybridized carbons (Fsp3) is 0.409. The normalized spacial score (nSPS) is 19.0. The third-order valence-corrected chi connectivity index (χ3v) is 6.26. The van der Waals surface area contributed by atoms with Crippen molar-refractivity contribution in [3.05, 3.63) is 54.0 Å². The number of aromatic nitrogens is 3. The van der Waals surface area contributed by atoms with Gasteiger partial charge in [-0.3, -0.25) is 9.69 Å². The number of carbonyl (C=O) groups is 1. The van der Waals surface area contributed by atoms with Crippen LogP contribution in [0.2, 0.25) is 0 Å². The fourth-order valence-electron chi connectivity index (χ4n) is 4.41. The molecule has 0 bridgehead atoms. The summed E-state index contributed by atoms with van der Waals surface area (Å²) in [6.07, 6.45) is 1.19. The van der Waals surface area contributed by atoms with Crippen LogP contribution in [0, 0.1) is 5.41 Å². The third kappa shape index (κ3) is 4.01. The number of carbonyl (C=O) groups excluding carboxylic acids is 1. The maximum absolute atomic E-state index is 12.8. The second-order valence-corrected chi connectivity index (χ2v) is 8.57. The lowest BCUT2D eigenvalue weighted by atomic mass is 10.0. The Hall–Kier alpha value is -2.94. The molecule has 3 aromatic rings. The Labute approximate surface area is 177 Å². The van der Waals surface area contributed by atoms with Crippen molar-refractivity contribution in [1.29, 1.82) is 0 Å². The van der Waals surface area contributed by atoms with Crippen LogP contribution in [0.25, 0.3) is 11.0 Å². The number of Topliss-reactive ketones (excluding diaryl/α,β-unsaturated/α-hetero) is 1. The van der Waals surface area contributed by atoms with Crippen LogP contribution in [-0.4, -0.2) is 58.4 Å². The van der Waals surface area contributed by atoms with Gasteiger partial charge in [0.1, 0.15) is 17.8 Å². The fourth-order valence-corrected chi connectivity index (χ4v) is 4.41. The van der Waals surface area contributed by atoms with Crippen molar-refractivity contribution in [1.82, 2.24) is 19.9 Å². The van der Waals surface area contributed by atoms with Gasteiger partial charge in [0, 0.05) is 43.4 Å². The summed E-state index contributed by atoms with van der Waals surface area (Å²) >= 11 is 0. The molecule has 1 N–H and O–H groups in total. The van der Waals surface area contributed by atoms with Gasteiger partial charge >= 0.3 is 6.18 Å². The topological polar surface area (TPSA) is 65.1 Å². The predicted molar refractivity (Wildman–Crippen MR) is 110 cm³/mol. The molecule has 1 saturated heterocycles. The molecule has 162 valence electrons. The van der Waals surface area contributed by atoms with Crippen molar-refractivity contribution in [3.8, 4) is 0 Å². The van der Waals surface area contributed by atoms with Crippen LogP contribution in [0.3, 0.4) is 0 Å². The number of alkyl halides is 3. The Balaban J connectivity index is 1.31. The summed E-state index contributed by atoms with van der Waals surface area (Å²) in [7, 11) is 0. The molecule has 0 amide bonds. The van der Waals surface area contributed by atoms with Gasteiger partial charge in [-0.1, -0.05) is 12.1 Å². The lowest BCUT2D eigenvalue weighted by Crippen LogP contribution is -2.35. The lowest BCUT2D eigenvalue weighted by Gasteiger charge is -2.25. The van der Waals surface area contributed by atoms with Gasteiger partial charge < -0.3 is 9.88 Å². The van der Waals surface area contributed by atoms with E-state index in [2.05, 4.69) is 24.8 Å². The maximum atomic E-state index is 12.8. The van der Waals surface area contributed by atoms with Crippen LogP contribution in [0.5, 0.6) is 0 Å². The first-order chi connectivity index (χ1) is 14.8. The highest BCUT2D eigenvalue weighted by molar-refractivity contribution is 5.97. The van der Waals surface area contributed by atoms with Crippen LogP contribution in [0.15, 0.2) is 42.9 Å². The molecular weight excluding hydrogens is 407 g/mol. The van der Waals surface area contributed by atoms with E-state index in [9.17, 15) is 18.0 Å². The highest BCUT2D eigenvalue weighted by atomic mass is 19.4. The molecule has 1 saturated carbocycles. The van der Waals surface area contributed by atoms with Crippen molar-refractivity contribution >= 4 is 22.6 Å². The van der Waals surface area contributed by atoms with E-state index < -0.39 is 11.7 Å². The smallest absolute Gasteiger partial charge is 0.354 e. The molecule has 1 aliphatic heterocycles. The summed E-state index contributed by atoms with van der Waals surface area (Å²) in [5.74, 6) is 0.737. The average Bonchev–Trinajstić information content (AvgIpc) is 3.37. The van der Waals surface area contributed by atoms with Gasteiger partial charge in [0.25, 0.3) is 0 Å². The van der Waals surface area contributed by atoms with E-state index in [4.69, 9.17) is 0 Å². The minimum atomic E-state index is -4.40. The van der Waals surface area contributed by atoms with Gasteiger partial charge in [0.15, 0.2) is 5.78 Å². The maximum Gasteiger partial charge on any atom is 0.416 e. The van der Waals surface area contributed by atoms with Crippen LogP contribution < -0.4 is 4.90 Å². The first-order valence-corrected chi connectivity index (χ1v) is 10.3. The number of hydrogen-bond acceptors (Lipinski definition) is 5. The molecule has 1 aliphatic carbocycles. The van der Waals surface area contributed by atoms with Gasteiger partial charge in [0.2, 0.25) is 0 Å². The Bertz CT molecular complexity index is 1100. The minimum absolute atomic E-state index is 0.129. The number of fused-ring (bicyclic) bond motifs is 1. The number of ketones is 1. The second kappa shape index (κ2) is 7.33. The number of halogens is 3. The van der Waals surface area contributed by atoms with Crippen molar-refractivity contribution in [2.24, 2.45) is 5.41 Å². The number of rotatable bonds is 4. The molecule has 3 heterocycles. The van der Waals surface area contributed by atoms with Gasteiger partial charge in [-0.25, -0.2) is 9.97 Å². The summed E-state index contributed by atoms with van der Waals surface area (Å²) < 4.78 is 38.3. The monoisotopic (exact) mass is 429 g/mol. The molecule has 0 radical (unpaired) electrons. The number of hydrogen-bond donors (Lipinski definition) is 1. The van der Waals surface area contributed by atoms with E-state index in [1.807, 2.05) is 12.3 Å². The number of anilines is 1. The standard InChI is InChI=1S/C22H22F3N5O/c23-22(24,25)16-3-1-15(2-4-16)18(31)11-29-9-10-30(13-21(12-29)6-7-21)20-17-5-8-26-19(17)27-14-28-20/h1-5,8,14H,6-7,9-13H2,(H,26,27,28). The predicted octanol–water partition coefficient (Wildman–Crippen LogP) is 3.76. The zero-order chi connectivity index (χ0) is 21.6. The molecule has 1 spiro atoms. The van der Waals surface area contributed by atoms with E-state index in [0.29, 0.717) is 12.1 Å². The molecule has 0 atom stereocenters. The third-order valence-electron chi connectivity index (χ3n) is 6.26. The molecule has 2 aliphatic rings. The van der Waals surface area contributed by atoms with Crippen molar-refractivity contribution in [2.75, 3.05) is 37.6 Å². The van der Waals surface area contributed by atoms with Crippen molar-refractivity contribution in [3.63, 3.8) is 0 Å². The van der Waals surface area contributed by atoms with E-state index in [1.54, 1.807) is 6.33 Å². The molecule has 2 fully saturated rings. The Morgan fingerprint density at radius 1 is 1.06 bits per heavy atom. The second-order valence-electron chi connectivity index (χ2n) is 8.57. The summed E-state index contributed by atoms with van der Waals surface area (Å²) in [6.45, 7) is 3.28. The highest BCUT2D eigenvalue weighted by Crippen LogP contribution is 2.48. The zero-order valence-corrected chi connectivity index (χ0v) is 16.8. The average molecular weight is 429 g/mol. The summed E-state index contributed by atoms with van der Waals surface area (Å²) in [5.41, 5.74) is 0.495. The first-order valence-electron chi connectivity index (χ1n) is 10.3. The largest absolute Gasteiger partial charge is 0.416 e. The van der Waals surface area contributed by atoms with Gasteiger partial charge in [-0.2, -0.15) is 13.2 Å². The molecule has 9 heteroatoms. The zero-order valence-electron chi connectivity index (χ0n) is 16.8. The van der Waals surface area contributed by atoms with Crippen molar-refractivity contribution < 1.29 is 18.0 Å². The Morgan fingerprint density at radius 2 is 1.84 bits per heavy atom. The number of aromatic amines is 1. The van der Waals surface area contributed by atoms with Crippen LogP contribution in [0.1, 0.15) is 28.8 Å². The molecule has 0 unspecified atom stereocenters. The Morgan fingerprint density at radius 3 is 2.55 bits per heavy atom. The van der Waals surface area contributed by atoms with Crippen LogP contribution in [0.4, 0.5) is 19.0 Å². The highest BCUT2D eigenvalue weighted by Gasteiger charge is 2.47. The van der Waals surface area contributed by atoms with Crippen LogP contribution >= 0.6 is 0 Å². The SMILES string of the molecule is O=C(CN1CCN(c2ncnc3[nH]ccc23)CC2(CC2)C1)c1ccc(C(F)(F)F)cc1. The van der Waals surface area contributed by atoms with Crippen LogP contribution in [-0.2, 0) is 6.18 Å². The molecule has 31 heavy (non-hydrogen) atoms. The Kier molecular flexibility index (Phi) is 4.73. The lowest BCUT2D eigenvalue weighted by molar-refractivity contribution is -0.137. The van der Waals surface area contributed by atoms with E-state index >= 15 is 0 Å². The van der Waals surface area contributed by atoms with E-state index in [0.717, 1.165) is 61.5 Å². The molecular formula is C22H22F3N5O. The van der Waals surface area contributed by atoms with E-state index in [1.165, 1.54) is 12.1 Å². The molecule has 6 nitrogen and oxygen atoms in total. The van der Waals surface area contributed by atoms with E-state index in [-0.39, 0.29) is 17.7 Å². The summed E-state index contributed by atoms with van der Waals surface area (Å²) in [4.78, 5) is 29.0. The van der Waals surface area contributed by atoms with Gasteiger partial charge in [0.05, 0.1) is 17.5 Å². The summed E-state index contributed by atoms with van der Waals surface area (Å²) in [5, 5.41) is 0.979. The molecule has 1 aromatic carbocycles. The first kappa shape index (κ1) is 20.0. The minimum Gasteiger partial charge on any atom is -0.354 e. The molecule has 5 rings (SSSR count). The van der Waals surface area contributed by atoms with Gasteiger partial charge in [-0.05, 0) is 31.0 Å². The quantitative estimate of drug-likeness (QED) is 0.640. The number of benzene rings is 1. The van der Waals surface area contributed by atoms with Crippen molar-refractivity contribution in [2.45, 2.75) is 19.0 Å².